The first-order valence-electron chi connectivity index (χ1n) is 9.71. The number of hydrogen-bond donors (Lipinski definition) is 0. The quantitative estimate of drug-likeness (QED) is 0.427. The summed E-state index contributed by atoms with van der Waals surface area (Å²) in [5, 5.41) is 1.04. The molecule has 0 aliphatic rings. The molecule has 30 heavy (non-hydrogen) atoms. The largest absolute Gasteiger partial charge is 0.327 e. The van der Waals surface area contributed by atoms with E-state index in [1.54, 1.807) is 18.3 Å². The predicted octanol–water partition coefficient (Wildman–Crippen LogP) is 5.25. The second-order valence-electron chi connectivity index (χ2n) is 7.56. The summed E-state index contributed by atoms with van der Waals surface area (Å²) in [4.78, 5) is 31.2. The molecular formula is C25H21ClN2O2. The number of ketones is 1. The second kappa shape index (κ2) is 7.88. The van der Waals surface area contributed by atoms with Crippen molar-refractivity contribution in [3.05, 3.63) is 110 Å². The molecule has 0 unspecified atom stereocenters. The van der Waals surface area contributed by atoms with E-state index in [4.69, 9.17) is 11.6 Å². The summed E-state index contributed by atoms with van der Waals surface area (Å²) in [5.74, 6) is -0.281. The van der Waals surface area contributed by atoms with Crippen molar-refractivity contribution in [2.45, 2.75) is 27.3 Å². The molecule has 150 valence electrons. The van der Waals surface area contributed by atoms with Crippen LogP contribution in [-0.2, 0) is 6.54 Å². The minimum Gasteiger partial charge on any atom is -0.327 e. The molecule has 0 atom stereocenters. The van der Waals surface area contributed by atoms with Gasteiger partial charge in [-0.1, -0.05) is 47.5 Å². The molecule has 0 aliphatic carbocycles. The monoisotopic (exact) mass is 416 g/mol. The van der Waals surface area contributed by atoms with Gasteiger partial charge in [0.2, 0.25) is 5.43 Å². The highest BCUT2D eigenvalue weighted by Gasteiger charge is 2.20. The average Bonchev–Trinajstić information content (AvgIpc) is 2.72. The Kier molecular flexibility index (Phi) is 5.27. The van der Waals surface area contributed by atoms with Crippen molar-refractivity contribution in [2.75, 3.05) is 0 Å². The molecule has 0 aliphatic heterocycles. The van der Waals surface area contributed by atoms with E-state index in [0.717, 1.165) is 22.4 Å². The molecule has 4 nitrogen and oxygen atoms in total. The number of benzene rings is 2. The van der Waals surface area contributed by atoms with E-state index in [1.807, 2.05) is 67.8 Å². The Morgan fingerprint density at radius 3 is 2.53 bits per heavy atom. The van der Waals surface area contributed by atoms with E-state index >= 15 is 0 Å². The van der Waals surface area contributed by atoms with Crippen molar-refractivity contribution >= 4 is 28.4 Å². The first-order chi connectivity index (χ1) is 14.3. The molecule has 0 spiro atoms. The Bertz CT molecular complexity index is 1360. The van der Waals surface area contributed by atoms with Gasteiger partial charge in [-0.25, -0.2) is 4.98 Å². The number of carbonyl (C=O) groups is 1. The van der Waals surface area contributed by atoms with Crippen molar-refractivity contribution in [3.63, 3.8) is 0 Å². The summed E-state index contributed by atoms with van der Waals surface area (Å²) in [6.45, 7) is 6.08. The van der Waals surface area contributed by atoms with Crippen LogP contribution in [0.15, 0.2) is 65.6 Å². The average molecular weight is 417 g/mol. The Balaban J connectivity index is 1.95. The lowest BCUT2D eigenvalue weighted by molar-refractivity contribution is 0.103. The van der Waals surface area contributed by atoms with Crippen molar-refractivity contribution in [3.8, 4) is 0 Å². The van der Waals surface area contributed by atoms with Gasteiger partial charge in [0, 0.05) is 22.5 Å². The molecule has 4 rings (SSSR count). The summed E-state index contributed by atoms with van der Waals surface area (Å²) in [6.07, 6.45) is 1.62. The third kappa shape index (κ3) is 3.66. The van der Waals surface area contributed by atoms with Crippen LogP contribution in [0.2, 0.25) is 5.02 Å². The van der Waals surface area contributed by atoms with E-state index in [-0.39, 0.29) is 16.8 Å². The smallest absolute Gasteiger partial charge is 0.202 e. The third-order valence-electron chi connectivity index (χ3n) is 5.24. The summed E-state index contributed by atoms with van der Waals surface area (Å²) in [5.41, 5.74) is 4.39. The Hall–Kier alpha value is -3.24. The molecule has 0 saturated carbocycles. The van der Waals surface area contributed by atoms with E-state index in [0.29, 0.717) is 28.2 Å². The topological polar surface area (TPSA) is 52.0 Å². The van der Waals surface area contributed by atoms with Gasteiger partial charge in [-0.05, 0) is 56.2 Å². The van der Waals surface area contributed by atoms with Crippen LogP contribution in [-0.4, -0.2) is 15.3 Å². The maximum atomic E-state index is 13.4. The van der Waals surface area contributed by atoms with Gasteiger partial charge in [0.15, 0.2) is 5.78 Å². The normalized spacial score (nSPS) is 11.1. The molecule has 0 fully saturated rings. The lowest BCUT2D eigenvalue weighted by Gasteiger charge is -2.14. The number of aryl methyl sites for hydroxylation is 3. The van der Waals surface area contributed by atoms with Gasteiger partial charge in [0.1, 0.15) is 5.65 Å². The zero-order chi connectivity index (χ0) is 21.4. The van der Waals surface area contributed by atoms with Crippen LogP contribution >= 0.6 is 11.6 Å². The number of fused-ring (bicyclic) bond motifs is 1. The van der Waals surface area contributed by atoms with Gasteiger partial charge in [-0.3, -0.25) is 9.59 Å². The first kappa shape index (κ1) is 20.0. The van der Waals surface area contributed by atoms with E-state index < -0.39 is 0 Å². The summed E-state index contributed by atoms with van der Waals surface area (Å²) in [7, 11) is 0. The highest BCUT2D eigenvalue weighted by atomic mass is 35.5. The van der Waals surface area contributed by atoms with Crippen LogP contribution in [0.4, 0.5) is 0 Å². The molecule has 5 heteroatoms. The molecule has 2 heterocycles. The first-order valence-corrected chi connectivity index (χ1v) is 10.1. The van der Waals surface area contributed by atoms with Crippen LogP contribution in [0.25, 0.3) is 11.0 Å². The van der Waals surface area contributed by atoms with Crippen molar-refractivity contribution in [1.82, 2.24) is 9.55 Å². The van der Waals surface area contributed by atoms with Crippen molar-refractivity contribution in [1.29, 1.82) is 0 Å². The van der Waals surface area contributed by atoms with Gasteiger partial charge in [-0.15, -0.1) is 0 Å². The zero-order valence-corrected chi connectivity index (χ0v) is 17.8. The molecule has 0 radical (unpaired) electrons. The van der Waals surface area contributed by atoms with Gasteiger partial charge >= 0.3 is 0 Å². The molecule has 2 aromatic heterocycles. The number of carbonyl (C=O) groups excluding carboxylic acids is 1. The number of hydrogen-bond acceptors (Lipinski definition) is 3. The standard InChI is InChI=1S/C25H21ClN2O2/c1-15-8-9-16(2)20(12-15)24(30)21-14-28(13-18-6-4-5-7-22(18)26)25-19(23(21)29)11-10-17(3)27-25/h4-12,14H,13H2,1-3H3. The molecule has 2 aromatic carbocycles. The summed E-state index contributed by atoms with van der Waals surface area (Å²) in [6, 6.07) is 16.7. The highest BCUT2D eigenvalue weighted by Crippen LogP contribution is 2.21. The summed E-state index contributed by atoms with van der Waals surface area (Å²) >= 11 is 6.36. The maximum Gasteiger partial charge on any atom is 0.202 e. The molecular weight excluding hydrogens is 396 g/mol. The number of aromatic nitrogens is 2. The van der Waals surface area contributed by atoms with Crippen LogP contribution in [0.1, 0.15) is 38.3 Å². The van der Waals surface area contributed by atoms with Gasteiger partial charge in [-0.2, -0.15) is 0 Å². The van der Waals surface area contributed by atoms with Crippen LogP contribution in [0.5, 0.6) is 0 Å². The zero-order valence-electron chi connectivity index (χ0n) is 17.1. The highest BCUT2D eigenvalue weighted by molar-refractivity contribution is 6.31. The van der Waals surface area contributed by atoms with E-state index in [9.17, 15) is 9.59 Å². The maximum absolute atomic E-state index is 13.4. The Morgan fingerprint density at radius 2 is 1.77 bits per heavy atom. The number of nitrogens with zero attached hydrogens (tertiary/aromatic N) is 2. The lowest BCUT2D eigenvalue weighted by Crippen LogP contribution is -2.21. The van der Waals surface area contributed by atoms with Crippen LogP contribution in [0, 0.1) is 20.8 Å². The number of pyridine rings is 2. The molecule has 4 aromatic rings. The second-order valence-corrected chi connectivity index (χ2v) is 7.97. The molecule has 0 bridgehead atoms. The minimum atomic E-state index is -0.307. The fraction of sp³-hybridized carbons (Fsp3) is 0.160. The van der Waals surface area contributed by atoms with Crippen molar-refractivity contribution < 1.29 is 4.79 Å². The van der Waals surface area contributed by atoms with Crippen molar-refractivity contribution in [2.24, 2.45) is 0 Å². The summed E-state index contributed by atoms with van der Waals surface area (Å²) < 4.78 is 1.84. The van der Waals surface area contributed by atoms with Gasteiger partial charge < -0.3 is 4.57 Å². The predicted molar refractivity (Wildman–Crippen MR) is 121 cm³/mol. The Labute approximate surface area is 179 Å². The minimum absolute atomic E-state index is 0.133. The molecule has 0 saturated heterocycles. The molecule has 0 amide bonds. The van der Waals surface area contributed by atoms with Gasteiger partial charge in [0.25, 0.3) is 0 Å². The third-order valence-corrected chi connectivity index (χ3v) is 5.61. The lowest BCUT2D eigenvalue weighted by atomic mass is 9.97. The fourth-order valence-corrected chi connectivity index (χ4v) is 3.77. The van der Waals surface area contributed by atoms with E-state index in [1.165, 1.54) is 0 Å². The molecule has 0 N–H and O–H groups in total. The Morgan fingerprint density at radius 1 is 1.00 bits per heavy atom. The van der Waals surface area contributed by atoms with Crippen LogP contribution < -0.4 is 5.43 Å². The van der Waals surface area contributed by atoms with Crippen LogP contribution in [0.3, 0.4) is 0 Å². The SMILES string of the molecule is Cc1ccc(C)c(C(=O)c2cn(Cc3ccccc3Cl)c3nc(C)ccc3c2=O)c1. The fourth-order valence-electron chi connectivity index (χ4n) is 3.58. The number of rotatable bonds is 4. The van der Waals surface area contributed by atoms with Gasteiger partial charge in [0.05, 0.1) is 17.5 Å². The van der Waals surface area contributed by atoms with E-state index in [2.05, 4.69) is 4.98 Å². The number of halogens is 1.